The van der Waals surface area contributed by atoms with Crippen molar-refractivity contribution < 1.29 is 22.6 Å². The number of halogens is 3. The van der Waals surface area contributed by atoms with Crippen molar-refractivity contribution in [1.29, 1.82) is 0 Å². The maximum Gasteiger partial charge on any atom is 0.201 e. The van der Waals surface area contributed by atoms with Crippen LogP contribution in [-0.4, -0.2) is 6.61 Å². The van der Waals surface area contributed by atoms with Crippen LogP contribution in [0.3, 0.4) is 0 Å². The van der Waals surface area contributed by atoms with Gasteiger partial charge in [-0.25, -0.2) is 8.78 Å². The van der Waals surface area contributed by atoms with Crippen LogP contribution in [0.25, 0.3) is 11.1 Å². The first-order valence-corrected chi connectivity index (χ1v) is 10.6. The lowest BCUT2D eigenvalue weighted by molar-refractivity contribution is 0.305. The van der Waals surface area contributed by atoms with E-state index in [0.717, 1.165) is 36.8 Å². The van der Waals surface area contributed by atoms with Gasteiger partial charge < -0.3 is 9.47 Å². The highest BCUT2D eigenvalue weighted by molar-refractivity contribution is 5.66. The number of hydrogen-bond donors (Lipinski definition) is 0. The van der Waals surface area contributed by atoms with Gasteiger partial charge in [-0.15, -0.1) is 0 Å². The van der Waals surface area contributed by atoms with Crippen LogP contribution in [-0.2, 0) is 13.0 Å². The van der Waals surface area contributed by atoms with Gasteiger partial charge in [0.05, 0.1) is 6.61 Å². The second kappa shape index (κ2) is 10.9. The summed E-state index contributed by atoms with van der Waals surface area (Å²) < 4.78 is 53.6. The van der Waals surface area contributed by atoms with Crippen LogP contribution < -0.4 is 9.47 Å². The first-order valence-electron chi connectivity index (χ1n) is 10.6. The van der Waals surface area contributed by atoms with Crippen LogP contribution in [0.15, 0.2) is 54.6 Å². The topological polar surface area (TPSA) is 18.5 Å². The van der Waals surface area contributed by atoms with E-state index < -0.39 is 11.6 Å². The van der Waals surface area contributed by atoms with Crippen molar-refractivity contribution in [1.82, 2.24) is 0 Å². The van der Waals surface area contributed by atoms with Crippen molar-refractivity contribution in [3.63, 3.8) is 0 Å². The molecule has 0 aliphatic rings. The molecule has 3 aromatic carbocycles. The van der Waals surface area contributed by atoms with Gasteiger partial charge in [0.2, 0.25) is 5.82 Å². The molecule has 0 spiro atoms. The molecule has 3 rings (SSSR count). The molecule has 0 saturated carbocycles. The second-order valence-electron chi connectivity index (χ2n) is 7.37. The van der Waals surface area contributed by atoms with Gasteiger partial charge >= 0.3 is 0 Å². The number of unbranched alkanes of at least 4 members (excludes halogenated alkanes) is 2. The Morgan fingerprint density at radius 2 is 1.55 bits per heavy atom. The largest absolute Gasteiger partial charge is 0.491 e. The van der Waals surface area contributed by atoms with E-state index in [2.05, 4.69) is 6.92 Å². The highest BCUT2D eigenvalue weighted by Crippen LogP contribution is 2.31. The predicted octanol–water partition coefficient (Wildman–Crippen LogP) is 7.48. The Morgan fingerprint density at radius 1 is 0.774 bits per heavy atom. The van der Waals surface area contributed by atoms with Crippen molar-refractivity contribution in [2.45, 2.75) is 46.1 Å². The van der Waals surface area contributed by atoms with E-state index in [4.69, 9.17) is 9.47 Å². The molecule has 0 saturated heterocycles. The van der Waals surface area contributed by atoms with Gasteiger partial charge in [-0.2, -0.15) is 4.39 Å². The van der Waals surface area contributed by atoms with E-state index in [1.807, 2.05) is 12.1 Å². The average Bonchev–Trinajstić information content (AvgIpc) is 2.78. The molecule has 0 heterocycles. The maximum atomic E-state index is 14.4. The molecule has 164 valence electrons. The molecular weight excluding hydrogens is 401 g/mol. The molecule has 5 heteroatoms. The number of benzene rings is 3. The maximum absolute atomic E-state index is 14.4. The highest BCUT2D eigenvalue weighted by atomic mass is 19.2. The fourth-order valence-electron chi connectivity index (χ4n) is 3.37. The molecule has 0 fully saturated rings. The Balaban J connectivity index is 1.64. The Labute approximate surface area is 181 Å². The third kappa shape index (κ3) is 5.81. The van der Waals surface area contributed by atoms with Crippen LogP contribution in [0.5, 0.6) is 11.5 Å². The fourth-order valence-corrected chi connectivity index (χ4v) is 3.37. The molecule has 0 bridgehead atoms. The summed E-state index contributed by atoms with van der Waals surface area (Å²) in [6, 6.07) is 14.8. The van der Waals surface area contributed by atoms with Gasteiger partial charge in [0, 0.05) is 5.56 Å². The molecule has 0 amide bonds. The third-order valence-electron chi connectivity index (χ3n) is 5.08. The number of hydrogen-bond acceptors (Lipinski definition) is 2. The zero-order valence-corrected chi connectivity index (χ0v) is 17.9. The minimum absolute atomic E-state index is 0.104. The van der Waals surface area contributed by atoms with Crippen LogP contribution in [0, 0.1) is 17.5 Å². The monoisotopic (exact) mass is 428 g/mol. The molecule has 0 atom stereocenters. The minimum Gasteiger partial charge on any atom is -0.491 e. The van der Waals surface area contributed by atoms with Crippen LogP contribution in [0.2, 0.25) is 0 Å². The molecule has 0 N–H and O–H groups in total. The summed E-state index contributed by atoms with van der Waals surface area (Å²) in [5.74, 6) is -1.70. The molecule has 0 aliphatic carbocycles. The molecular formula is C26H27F3O2. The quantitative estimate of drug-likeness (QED) is 0.312. The number of ether oxygens (including phenoxy) is 2. The summed E-state index contributed by atoms with van der Waals surface area (Å²) in [4.78, 5) is 0. The molecule has 0 radical (unpaired) electrons. The lowest BCUT2D eigenvalue weighted by atomic mass is 10.0. The number of rotatable bonds is 10. The Bertz CT molecular complexity index is 1000. The summed E-state index contributed by atoms with van der Waals surface area (Å²) in [5, 5.41) is 0. The smallest absolute Gasteiger partial charge is 0.201 e. The summed E-state index contributed by atoms with van der Waals surface area (Å²) >= 11 is 0. The van der Waals surface area contributed by atoms with Crippen molar-refractivity contribution in [3.8, 4) is 22.6 Å². The van der Waals surface area contributed by atoms with Gasteiger partial charge in [0.25, 0.3) is 0 Å². The first-order chi connectivity index (χ1) is 15.0. The number of aryl methyl sites for hydroxylation is 1. The van der Waals surface area contributed by atoms with Gasteiger partial charge in [-0.3, -0.25) is 0 Å². The van der Waals surface area contributed by atoms with E-state index >= 15 is 0 Å². The molecule has 2 nitrogen and oxygen atoms in total. The van der Waals surface area contributed by atoms with Crippen molar-refractivity contribution in [3.05, 3.63) is 83.2 Å². The van der Waals surface area contributed by atoms with E-state index in [1.165, 1.54) is 18.2 Å². The van der Waals surface area contributed by atoms with E-state index in [1.54, 1.807) is 31.2 Å². The van der Waals surface area contributed by atoms with E-state index in [9.17, 15) is 13.2 Å². The fraction of sp³-hybridized carbons (Fsp3) is 0.308. The standard InChI is InChI=1S/C26H27F3O2/c1-3-5-6-7-20-9-8-18(16-23(20)27)17-31-21-12-10-19(11-13-21)22-14-15-24(30-4-2)26(29)25(22)28/h8-16H,3-7,17H2,1-2H3. The molecule has 0 unspecified atom stereocenters. The van der Waals surface area contributed by atoms with E-state index in [0.29, 0.717) is 11.3 Å². The summed E-state index contributed by atoms with van der Waals surface area (Å²) in [6.07, 6.45) is 3.92. The Hall–Kier alpha value is -2.95. The predicted molar refractivity (Wildman–Crippen MR) is 117 cm³/mol. The van der Waals surface area contributed by atoms with Crippen molar-refractivity contribution >= 4 is 0 Å². The van der Waals surface area contributed by atoms with Crippen LogP contribution in [0.4, 0.5) is 13.2 Å². The van der Waals surface area contributed by atoms with Crippen LogP contribution >= 0.6 is 0 Å². The summed E-state index contributed by atoms with van der Waals surface area (Å²) in [6.45, 7) is 4.31. The van der Waals surface area contributed by atoms with Gasteiger partial charge in [0.1, 0.15) is 18.2 Å². The Morgan fingerprint density at radius 3 is 2.23 bits per heavy atom. The lowest BCUT2D eigenvalue weighted by Gasteiger charge is -2.11. The van der Waals surface area contributed by atoms with Gasteiger partial charge in [-0.1, -0.05) is 44.0 Å². The minimum atomic E-state index is -1.00. The summed E-state index contributed by atoms with van der Waals surface area (Å²) in [5.41, 5.74) is 2.13. The summed E-state index contributed by atoms with van der Waals surface area (Å²) in [7, 11) is 0. The molecule has 31 heavy (non-hydrogen) atoms. The van der Waals surface area contributed by atoms with Crippen molar-refractivity contribution in [2.24, 2.45) is 0 Å². The normalized spacial score (nSPS) is 10.9. The molecule has 3 aromatic rings. The molecule has 0 aromatic heterocycles. The third-order valence-corrected chi connectivity index (χ3v) is 5.08. The first kappa shape index (κ1) is 22.7. The average molecular weight is 428 g/mol. The van der Waals surface area contributed by atoms with Crippen LogP contribution in [0.1, 0.15) is 44.2 Å². The zero-order valence-electron chi connectivity index (χ0n) is 17.9. The zero-order chi connectivity index (χ0) is 22.2. The highest BCUT2D eigenvalue weighted by Gasteiger charge is 2.15. The van der Waals surface area contributed by atoms with Gasteiger partial charge in [-0.05, 0) is 66.8 Å². The van der Waals surface area contributed by atoms with Gasteiger partial charge in [0.15, 0.2) is 11.6 Å². The molecule has 0 aliphatic heterocycles. The SMILES string of the molecule is CCCCCc1ccc(COc2ccc(-c3ccc(OCC)c(F)c3F)cc2)cc1F. The second-order valence-corrected chi connectivity index (χ2v) is 7.37. The van der Waals surface area contributed by atoms with E-state index in [-0.39, 0.29) is 30.3 Å². The van der Waals surface area contributed by atoms with Crippen molar-refractivity contribution in [2.75, 3.05) is 6.61 Å². The lowest BCUT2D eigenvalue weighted by Crippen LogP contribution is -1.99. The Kier molecular flexibility index (Phi) is 7.99.